The van der Waals surface area contributed by atoms with Crippen LogP contribution >= 0.6 is 0 Å². The molecular formula is C13H19N3O3. The van der Waals surface area contributed by atoms with Gasteiger partial charge in [-0.25, -0.2) is 4.79 Å². The molecule has 3 N–H and O–H groups in total. The number of carbonyl (C=O) groups is 1. The summed E-state index contributed by atoms with van der Waals surface area (Å²) >= 11 is 0. The number of aliphatic hydroxyl groups excluding tert-OH is 1. The summed E-state index contributed by atoms with van der Waals surface area (Å²) in [6.45, 7) is 1.98. The molecule has 1 fully saturated rings. The Morgan fingerprint density at radius 2 is 2.21 bits per heavy atom. The first-order valence-electron chi connectivity index (χ1n) is 6.46. The zero-order valence-corrected chi connectivity index (χ0v) is 10.7. The zero-order chi connectivity index (χ0) is 13.7. The molecule has 0 spiro atoms. The molecule has 6 nitrogen and oxygen atoms in total. The van der Waals surface area contributed by atoms with Crippen LogP contribution in [-0.2, 0) is 6.61 Å². The van der Waals surface area contributed by atoms with Crippen molar-refractivity contribution in [1.29, 1.82) is 0 Å². The Balaban J connectivity index is 1.78. The number of hydrogen-bond donors (Lipinski definition) is 3. The van der Waals surface area contributed by atoms with E-state index in [0.29, 0.717) is 24.7 Å². The van der Waals surface area contributed by atoms with Gasteiger partial charge >= 0.3 is 6.09 Å². The molecule has 1 amide bonds. The number of amides is 1. The number of nitrogens with one attached hydrogen (secondary N) is 1. The highest BCUT2D eigenvalue weighted by Crippen LogP contribution is 2.18. The second-order valence-electron chi connectivity index (χ2n) is 4.79. The van der Waals surface area contributed by atoms with E-state index in [1.165, 1.54) is 4.90 Å². The van der Waals surface area contributed by atoms with Crippen LogP contribution in [0.15, 0.2) is 18.3 Å². The van der Waals surface area contributed by atoms with Crippen LogP contribution in [0.2, 0.25) is 0 Å². The molecule has 1 aliphatic rings. The summed E-state index contributed by atoms with van der Waals surface area (Å²) in [5.74, 6) is 0.487. The van der Waals surface area contributed by atoms with Crippen LogP contribution in [-0.4, -0.2) is 45.8 Å². The summed E-state index contributed by atoms with van der Waals surface area (Å²) in [5, 5.41) is 21.2. The lowest BCUT2D eigenvalue weighted by Gasteiger charge is -2.30. The number of anilines is 1. The molecule has 6 heteroatoms. The maximum Gasteiger partial charge on any atom is 0.407 e. The molecule has 104 valence electrons. The van der Waals surface area contributed by atoms with Gasteiger partial charge in [0.15, 0.2) is 0 Å². The number of hydrogen-bond acceptors (Lipinski definition) is 4. The van der Waals surface area contributed by atoms with Gasteiger partial charge in [0.2, 0.25) is 0 Å². The fourth-order valence-electron chi connectivity index (χ4n) is 2.27. The van der Waals surface area contributed by atoms with Crippen molar-refractivity contribution in [3.05, 3.63) is 24.0 Å². The quantitative estimate of drug-likeness (QED) is 0.765. The molecule has 2 rings (SSSR count). The van der Waals surface area contributed by atoms with E-state index in [-0.39, 0.29) is 6.61 Å². The maximum absolute atomic E-state index is 10.8. The first kappa shape index (κ1) is 13.6. The second kappa shape index (κ2) is 6.38. The number of aliphatic hydroxyl groups is 1. The van der Waals surface area contributed by atoms with E-state index in [2.05, 4.69) is 10.3 Å². The molecule has 1 aromatic heterocycles. The van der Waals surface area contributed by atoms with Crippen molar-refractivity contribution in [2.24, 2.45) is 5.92 Å². The van der Waals surface area contributed by atoms with E-state index >= 15 is 0 Å². The Bertz CT molecular complexity index is 431. The molecule has 0 bridgehead atoms. The Labute approximate surface area is 112 Å². The monoisotopic (exact) mass is 265 g/mol. The van der Waals surface area contributed by atoms with Crippen molar-refractivity contribution >= 4 is 11.8 Å². The minimum atomic E-state index is -0.826. The van der Waals surface area contributed by atoms with Gasteiger partial charge in [-0.15, -0.1) is 0 Å². The summed E-state index contributed by atoms with van der Waals surface area (Å²) in [7, 11) is 0. The van der Waals surface area contributed by atoms with Crippen molar-refractivity contribution in [1.82, 2.24) is 9.88 Å². The van der Waals surface area contributed by atoms with Crippen LogP contribution in [0.4, 0.5) is 10.5 Å². The largest absolute Gasteiger partial charge is 0.465 e. The summed E-state index contributed by atoms with van der Waals surface area (Å²) in [6, 6.07) is 3.69. The highest BCUT2D eigenvalue weighted by Gasteiger charge is 2.21. The Morgan fingerprint density at radius 1 is 1.47 bits per heavy atom. The molecule has 0 saturated carbocycles. The van der Waals surface area contributed by atoms with Gasteiger partial charge in [-0.3, -0.25) is 4.98 Å². The van der Waals surface area contributed by atoms with Crippen molar-refractivity contribution in [2.75, 3.05) is 25.0 Å². The van der Waals surface area contributed by atoms with Gasteiger partial charge in [0.1, 0.15) is 0 Å². The molecule has 0 atom stereocenters. The first-order valence-corrected chi connectivity index (χ1v) is 6.46. The third-order valence-corrected chi connectivity index (χ3v) is 3.46. The van der Waals surface area contributed by atoms with E-state index in [4.69, 9.17) is 10.2 Å². The van der Waals surface area contributed by atoms with Crippen LogP contribution in [0.3, 0.4) is 0 Å². The lowest BCUT2D eigenvalue weighted by atomic mass is 9.97. The topological polar surface area (TPSA) is 85.7 Å². The predicted molar refractivity (Wildman–Crippen MR) is 71.0 cm³/mol. The van der Waals surface area contributed by atoms with Crippen molar-refractivity contribution < 1.29 is 15.0 Å². The van der Waals surface area contributed by atoms with Gasteiger partial charge in [0.25, 0.3) is 0 Å². The minimum absolute atomic E-state index is 0.0630. The standard InChI is InChI=1S/C13H19N3O3/c17-9-12-7-11(1-4-14-12)15-8-10-2-5-16(6-3-10)13(18)19/h1,4,7,10,17H,2-3,5-6,8-9H2,(H,14,15)(H,18,19). The average Bonchev–Trinajstić information content (AvgIpc) is 2.46. The normalized spacial score (nSPS) is 16.4. The number of carboxylic acid groups (broad SMARTS) is 1. The number of likely N-dealkylation sites (tertiary alicyclic amines) is 1. The van der Waals surface area contributed by atoms with Gasteiger partial charge in [-0.2, -0.15) is 0 Å². The molecular weight excluding hydrogens is 246 g/mol. The van der Waals surface area contributed by atoms with Gasteiger partial charge in [0, 0.05) is 31.5 Å². The molecule has 19 heavy (non-hydrogen) atoms. The lowest BCUT2D eigenvalue weighted by Crippen LogP contribution is -2.39. The lowest BCUT2D eigenvalue weighted by molar-refractivity contribution is 0.126. The molecule has 1 saturated heterocycles. The van der Waals surface area contributed by atoms with E-state index in [1.807, 2.05) is 12.1 Å². The van der Waals surface area contributed by atoms with E-state index in [9.17, 15) is 4.79 Å². The molecule has 0 aliphatic carbocycles. The molecule has 1 aromatic rings. The molecule has 0 unspecified atom stereocenters. The fraction of sp³-hybridized carbons (Fsp3) is 0.538. The molecule has 0 aromatic carbocycles. The maximum atomic E-state index is 10.8. The van der Waals surface area contributed by atoms with Gasteiger partial charge in [0.05, 0.1) is 12.3 Å². The highest BCUT2D eigenvalue weighted by molar-refractivity contribution is 5.65. The number of nitrogens with zero attached hydrogens (tertiary/aromatic N) is 2. The van der Waals surface area contributed by atoms with Gasteiger partial charge in [-0.1, -0.05) is 0 Å². The SMILES string of the molecule is O=C(O)N1CCC(CNc2ccnc(CO)c2)CC1. The van der Waals surface area contributed by atoms with Gasteiger partial charge in [-0.05, 0) is 30.9 Å². The van der Waals surface area contributed by atoms with E-state index < -0.39 is 6.09 Å². The predicted octanol–water partition coefficient (Wildman–Crippen LogP) is 1.38. The third kappa shape index (κ3) is 3.82. The van der Waals surface area contributed by atoms with E-state index in [1.54, 1.807) is 6.20 Å². The number of piperidine rings is 1. The van der Waals surface area contributed by atoms with E-state index in [0.717, 1.165) is 25.1 Å². The summed E-state index contributed by atoms with van der Waals surface area (Å²) in [5.41, 5.74) is 1.59. The van der Waals surface area contributed by atoms with Crippen molar-refractivity contribution in [2.45, 2.75) is 19.4 Å². The summed E-state index contributed by atoms with van der Waals surface area (Å²) in [4.78, 5) is 16.3. The highest BCUT2D eigenvalue weighted by atomic mass is 16.4. The Kier molecular flexibility index (Phi) is 4.57. The molecule has 1 aliphatic heterocycles. The second-order valence-corrected chi connectivity index (χ2v) is 4.79. The molecule has 2 heterocycles. The fourth-order valence-corrected chi connectivity index (χ4v) is 2.27. The smallest absolute Gasteiger partial charge is 0.407 e. The number of aromatic nitrogens is 1. The average molecular weight is 265 g/mol. The van der Waals surface area contributed by atoms with Crippen molar-refractivity contribution in [3.63, 3.8) is 0 Å². The first-order chi connectivity index (χ1) is 9.19. The Morgan fingerprint density at radius 3 is 2.84 bits per heavy atom. The van der Waals surface area contributed by atoms with Crippen molar-refractivity contribution in [3.8, 4) is 0 Å². The van der Waals surface area contributed by atoms with Crippen LogP contribution in [0.25, 0.3) is 0 Å². The van der Waals surface area contributed by atoms with Crippen LogP contribution in [0.5, 0.6) is 0 Å². The number of rotatable bonds is 4. The Hall–Kier alpha value is -1.82. The number of pyridine rings is 1. The summed E-state index contributed by atoms with van der Waals surface area (Å²) < 4.78 is 0. The van der Waals surface area contributed by atoms with Crippen LogP contribution < -0.4 is 5.32 Å². The van der Waals surface area contributed by atoms with Crippen LogP contribution in [0.1, 0.15) is 18.5 Å². The zero-order valence-electron chi connectivity index (χ0n) is 10.7. The van der Waals surface area contributed by atoms with Gasteiger partial charge < -0.3 is 20.4 Å². The summed E-state index contributed by atoms with van der Waals surface area (Å²) in [6.07, 6.45) is 2.61. The third-order valence-electron chi connectivity index (χ3n) is 3.46. The van der Waals surface area contributed by atoms with Crippen LogP contribution in [0, 0.1) is 5.92 Å². The molecule has 0 radical (unpaired) electrons. The minimum Gasteiger partial charge on any atom is -0.465 e.